The minimum Gasteiger partial charge on any atom is -0.391 e. The molecule has 0 aliphatic rings. The summed E-state index contributed by atoms with van der Waals surface area (Å²) < 4.78 is 0. The molecule has 0 aromatic rings. The molecule has 0 fully saturated rings. The monoisotopic (exact) mass is 133 g/mol. The van der Waals surface area contributed by atoms with Gasteiger partial charge in [0.05, 0.1) is 18.8 Å². The molecule has 2 N–H and O–H groups in total. The lowest BCUT2D eigenvalue weighted by atomic mass is 10.1. The second-order valence-corrected chi connectivity index (χ2v) is 2.15. The standard InChI is InChI=1S/C6H13O3/c1-5(8)6(9)3-2-4-7/h5-6,8-9H,2-4H2,1H3. The summed E-state index contributed by atoms with van der Waals surface area (Å²) in [7, 11) is 0. The highest BCUT2D eigenvalue weighted by Crippen LogP contribution is 2.00. The summed E-state index contributed by atoms with van der Waals surface area (Å²) in [4.78, 5) is 0. The van der Waals surface area contributed by atoms with E-state index in [1.807, 2.05) is 0 Å². The van der Waals surface area contributed by atoms with E-state index in [1.54, 1.807) is 0 Å². The Morgan fingerprint density at radius 2 is 2.00 bits per heavy atom. The Morgan fingerprint density at radius 1 is 1.44 bits per heavy atom. The summed E-state index contributed by atoms with van der Waals surface area (Å²) in [5, 5.41) is 27.4. The molecule has 0 aliphatic heterocycles. The molecule has 3 heteroatoms. The fourth-order valence-corrected chi connectivity index (χ4v) is 0.534. The van der Waals surface area contributed by atoms with Crippen LogP contribution in [-0.4, -0.2) is 29.0 Å². The molecule has 0 aliphatic carbocycles. The lowest BCUT2D eigenvalue weighted by Gasteiger charge is -2.11. The van der Waals surface area contributed by atoms with Crippen LogP contribution in [0.5, 0.6) is 0 Å². The maximum atomic E-state index is 9.86. The van der Waals surface area contributed by atoms with Crippen LogP contribution in [0.15, 0.2) is 0 Å². The zero-order valence-electron chi connectivity index (χ0n) is 5.58. The van der Waals surface area contributed by atoms with Crippen molar-refractivity contribution in [3.8, 4) is 0 Å². The number of hydrogen-bond donors (Lipinski definition) is 2. The van der Waals surface area contributed by atoms with Crippen molar-refractivity contribution >= 4 is 0 Å². The van der Waals surface area contributed by atoms with Crippen molar-refractivity contribution in [2.24, 2.45) is 0 Å². The van der Waals surface area contributed by atoms with E-state index in [-0.39, 0.29) is 6.61 Å². The van der Waals surface area contributed by atoms with Crippen LogP contribution >= 0.6 is 0 Å². The summed E-state index contributed by atoms with van der Waals surface area (Å²) in [6.07, 6.45) is -0.594. The molecule has 9 heavy (non-hydrogen) atoms. The van der Waals surface area contributed by atoms with Gasteiger partial charge in [-0.3, -0.25) is 0 Å². The Hall–Kier alpha value is -0.120. The highest BCUT2D eigenvalue weighted by atomic mass is 16.3. The molecule has 1 radical (unpaired) electrons. The molecular formula is C6H13O3. The van der Waals surface area contributed by atoms with Gasteiger partial charge in [-0.1, -0.05) is 0 Å². The largest absolute Gasteiger partial charge is 0.391 e. The molecule has 0 bridgehead atoms. The van der Waals surface area contributed by atoms with E-state index < -0.39 is 12.2 Å². The van der Waals surface area contributed by atoms with E-state index in [0.717, 1.165) is 0 Å². The molecule has 0 heterocycles. The number of hydrogen-bond acceptors (Lipinski definition) is 2. The first-order valence-electron chi connectivity index (χ1n) is 3.12. The molecule has 0 saturated carbocycles. The maximum absolute atomic E-state index is 9.86. The highest BCUT2D eigenvalue weighted by Gasteiger charge is 2.08. The zero-order chi connectivity index (χ0) is 7.28. The van der Waals surface area contributed by atoms with Crippen LogP contribution in [0.25, 0.3) is 0 Å². The molecule has 0 amide bonds. The van der Waals surface area contributed by atoms with Gasteiger partial charge in [-0.05, 0) is 19.8 Å². The van der Waals surface area contributed by atoms with Crippen molar-refractivity contribution in [2.45, 2.75) is 32.0 Å². The van der Waals surface area contributed by atoms with E-state index in [1.165, 1.54) is 6.92 Å². The van der Waals surface area contributed by atoms with Crippen LogP contribution in [0, 0.1) is 0 Å². The highest BCUT2D eigenvalue weighted by molar-refractivity contribution is 4.60. The van der Waals surface area contributed by atoms with E-state index in [2.05, 4.69) is 0 Å². The summed E-state index contributed by atoms with van der Waals surface area (Å²) in [6.45, 7) is 1.33. The van der Waals surface area contributed by atoms with Crippen LogP contribution < -0.4 is 0 Å². The zero-order valence-corrected chi connectivity index (χ0v) is 5.58. The van der Waals surface area contributed by atoms with Crippen molar-refractivity contribution < 1.29 is 15.3 Å². The van der Waals surface area contributed by atoms with Crippen molar-refractivity contribution in [1.82, 2.24) is 0 Å². The van der Waals surface area contributed by atoms with Crippen LogP contribution in [0.3, 0.4) is 0 Å². The van der Waals surface area contributed by atoms with Crippen molar-refractivity contribution in [3.05, 3.63) is 0 Å². The van der Waals surface area contributed by atoms with Gasteiger partial charge < -0.3 is 10.2 Å². The lowest BCUT2D eigenvalue weighted by Crippen LogP contribution is -2.22. The van der Waals surface area contributed by atoms with Gasteiger partial charge in [0.15, 0.2) is 0 Å². The first kappa shape index (κ1) is 8.88. The van der Waals surface area contributed by atoms with Crippen molar-refractivity contribution in [2.75, 3.05) is 6.61 Å². The third kappa shape index (κ3) is 4.39. The fraction of sp³-hybridized carbons (Fsp3) is 1.00. The third-order valence-electron chi connectivity index (χ3n) is 1.20. The van der Waals surface area contributed by atoms with Crippen LogP contribution in [0.2, 0.25) is 0 Å². The van der Waals surface area contributed by atoms with E-state index in [0.29, 0.717) is 12.8 Å². The topological polar surface area (TPSA) is 60.4 Å². The van der Waals surface area contributed by atoms with Gasteiger partial charge in [0.2, 0.25) is 0 Å². The van der Waals surface area contributed by atoms with Gasteiger partial charge in [0.25, 0.3) is 0 Å². The number of aliphatic hydroxyl groups is 2. The molecule has 0 spiro atoms. The molecule has 2 unspecified atom stereocenters. The Kier molecular flexibility index (Phi) is 4.67. The van der Waals surface area contributed by atoms with E-state index >= 15 is 0 Å². The summed E-state index contributed by atoms with van der Waals surface area (Å²) in [5.74, 6) is 0. The average molecular weight is 133 g/mol. The second-order valence-electron chi connectivity index (χ2n) is 2.15. The number of rotatable bonds is 4. The van der Waals surface area contributed by atoms with Crippen LogP contribution in [-0.2, 0) is 5.11 Å². The first-order chi connectivity index (χ1) is 4.18. The average Bonchev–Trinajstić information content (AvgIpc) is 1.82. The third-order valence-corrected chi connectivity index (χ3v) is 1.20. The van der Waals surface area contributed by atoms with Gasteiger partial charge in [0, 0.05) is 0 Å². The normalized spacial score (nSPS) is 17.3. The van der Waals surface area contributed by atoms with Gasteiger partial charge >= 0.3 is 0 Å². The van der Waals surface area contributed by atoms with Gasteiger partial charge in [-0.15, -0.1) is 0 Å². The Balaban J connectivity index is 3.16. The van der Waals surface area contributed by atoms with E-state index in [9.17, 15) is 5.11 Å². The molecule has 0 rings (SSSR count). The van der Waals surface area contributed by atoms with Crippen LogP contribution in [0.4, 0.5) is 0 Å². The molecule has 3 nitrogen and oxygen atoms in total. The van der Waals surface area contributed by atoms with Gasteiger partial charge in [-0.2, -0.15) is 0 Å². The summed E-state index contributed by atoms with van der Waals surface area (Å²) in [6, 6.07) is 0. The molecule has 0 aromatic carbocycles. The van der Waals surface area contributed by atoms with Crippen molar-refractivity contribution in [1.29, 1.82) is 0 Å². The van der Waals surface area contributed by atoms with Crippen molar-refractivity contribution in [3.63, 3.8) is 0 Å². The Labute approximate surface area is 54.9 Å². The van der Waals surface area contributed by atoms with E-state index in [4.69, 9.17) is 10.2 Å². The molecule has 0 aromatic heterocycles. The molecule has 2 atom stereocenters. The predicted molar refractivity (Wildman–Crippen MR) is 32.5 cm³/mol. The first-order valence-corrected chi connectivity index (χ1v) is 3.12. The van der Waals surface area contributed by atoms with Gasteiger partial charge in [0.1, 0.15) is 0 Å². The Morgan fingerprint density at radius 3 is 2.33 bits per heavy atom. The summed E-state index contributed by atoms with van der Waals surface area (Å²) >= 11 is 0. The maximum Gasteiger partial charge on any atom is 0.0823 e. The van der Waals surface area contributed by atoms with Crippen LogP contribution in [0.1, 0.15) is 19.8 Å². The Bertz CT molecular complexity index is 63.3. The summed E-state index contributed by atoms with van der Waals surface area (Å²) in [5.41, 5.74) is 0. The fourth-order valence-electron chi connectivity index (χ4n) is 0.534. The quantitative estimate of drug-likeness (QED) is 0.564. The molecule has 55 valence electrons. The molecule has 0 saturated heterocycles. The second kappa shape index (κ2) is 4.73. The minimum absolute atomic E-state index is 0.177. The lowest BCUT2D eigenvalue weighted by molar-refractivity contribution is 0.0200. The van der Waals surface area contributed by atoms with Gasteiger partial charge in [-0.25, -0.2) is 5.11 Å². The number of aliphatic hydroxyl groups excluding tert-OH is 2. The smallest absolute Gasteiger partial charge is 0.0823 e. The minimum atomic E-state index is -0.723. The SMILES string of the molecule is CC(O)C(O)CCC[O]. The molecular weight excluding hydrogens is 120 g/mol. The predicted octanol–water partition coefficient (Wildman–Crippen LogP) is -0.0612.